The fourth-order valence-electron chi connectivity index (χ4n) is 1.79. The molecule has 21 heavy (non-hydrogen) atoms. The van der Waals surface area contributed by atoms with Gasteiger partial charge in [0.2, 0.25) is 0 Å². The molecular weight excluding hydrogens is 268 g/mol. The molecule has 108 valence electrons. The first-order valence-corrected chi connectivity index (χ1v) is 6.45. The Morgan fingerprint density at radius 1 is 1.38 bits per heavy atom. The molecule has 0 saturated carbocycles. The third kappa shape index (κ3) is 3.45. The summed E-state index contributed by atoms with van der Waals surface area (Å²) in [7, 11) is 1.35. The van der Waals surface area contributed by atoms with Gasteiger partial charge in [0, 0.05) is 5.56 Å². The second-order valence-corrected chi connectivity index (χ2v) is 5.32. The summed E-state index contributed by atoms with van der Waals surface area (Å²) in [5, 5.41) is 17.5. The van der Waals surface area contributed by atoms with Gasteiger partial charge in [-0.3, -0.25) is 0 Å². The van der Waals surface area contributed by atoms with Gasteiger partial charge in [-0.05, 0) is 26.0 Å². The lowest BCUT2D eigenvalue weighted by Gasteiger charge is -2.13. The van der Waals surface area contributed by atoms with Crippen LogP contribution in [0.5, 0.6) is 0 Å². The molecule has 1 aromatic heterocycles. The third-order valence-electron chi connectivity index (χ3n) is 2.98. The summed E-state index contributed by atoms with van der Waals surface area (Å²) >= 11 is 0. The molecule has 0 fully saturated rings. The number of carbonyl (C=O) groups is 1. The fourth-order valence-corrected chi connectivity index (χ4v) is 1.79. The van der Waals surface area contributed by atoms with E-state index >= 15 is 0 Å². The molecule has 2 rings (SSSR count). The number of aromatic nitrogens is 3. The molecule has 6 nitrogen and oxygen atoms in total. The maximum Gasteiger partial charge on any atom is 0.337 e. The van der Waals surface area contributed by atoms with Crippen LogP contribution in [0.1, 0.15) is 24.2 Å². The van der Waals surface area contributed by atoms with E-state index in [1.165, 1.54) is 11.9 Å². The molecule has 0 aliphatic rings. The lowest BCUT2D eigenvalue weighted by atomic mass is 9.96. The number of carbonyl (C=O) groups excluding carboxylic acids is 1. The van der Waals surface area contributed by atoms with E-state index in [9.17, 15) is 4.79 Å². The Labute approximate surface area is 123 Å². The molecule has 0 radical (unpaired) electrons. The molecule has 0 spiro atoms. The van der Waals surface area contributed by atoms with E-state index in [1.807, 2.05) is 13.8 Å². The number of methoxy groups -OCH3 is 1. The van der Waals surface area contributed by atoms with Gasteiger partial charge in [0.05, 0.1) is 36.9 Å². The molecule has 0 aliphatic carbocycles. The third-order valence-corrected chi connectivity index (χ3v) is 2.98. The summed E-state index contributed by atoms with van der Waals surface area (Å²) in [6, 6.07) is 9.15. The van der Waals surface area contributed by atoms with Crippen LogP contribution >= 0.6 is 0 Å². The fraction of sp³-hybridized carbons (Fsp3) is 0.333. The molecule has 0 aliphatic heterocycles. The Hall–Kier alpha value is -2.68. The van der Waals surface area contributed by atoms with E-state index in [1.54, 1.807) is 30.5 Å². The Morgan fingerprint density at radius 2 is 2.05 bits per heavy atom. The van der Waals surface area contributed by atoms with Gasteiger partial charge in [0.1, 0.15) is 5.69 Å². The van der Waals surface area contributed by atoms with E-state index in [0.717, 1.165) is 5.56 Å². The minimum Gasteiger partial charge on any atom is -0.465 e. The topological polar surface area (TPSA) is 80.8 Å². The number of nitrogens with zero attached hydrogens (tertiary/aromatic N) is 4. The van der Waals surface area contributed by atoms with Gasteiger partial charge >= 0.3 is 5.97 Å². The highest BCUT2D eigenvalue weighted by atomic mass is 16.5. The van der Waals surface area contributed by atoms with Crippen LogP contribution in [0.25, 0.3) is 11.3 Å². The van der Waals surface area contributed by atoms with Gasteiger partial charge in [0.25, 0.3) is 0 Å². The number of hydrogen-bond acceptors (Lipinski definition) is 5. The van der Waals surface area contributed by atoms with Gasteiger partial charge in [-0.2, -0.15) is 20.3 Å². The zero-order valence-electron chi connectivity index (χ0n) is 12.2. The Morgan fingerprint density at radius 3 is 2.62 bits per heavy atom. The molecule has 0 atom stereocenters. The highest BCUT2D eigenvalue weighted by Gasteiger charge is 2.19. The van der Waals surface area contributed by atoms with E-state index in [-0.39, 0.29) is 5.97 Å². The van der Waals surface area contributed by atoms with E-state index < -0.39 is 5.41 Å². The largest absolute Gasteiger partial charge is 0.465 e. The lowest BCUT2D eigenvalue weighted by molar-refractivity contribution is 0.0601. The van der Waals surface area contributed by atoms with Crippen LogP contribution in [0.3, 0.4) is 0 Å². The van der Waals surface area contributed by atoms with Crippen LogP contribution in [-0.2, 0) is 11.3 Å². The first kappa shape index (κ1) is 14.7. The number of rotatable bonds is 4. The van der Waals surface area contributed by atoms with Crippen LogP contribution in [0.4, 0.5) is 0 Å². The molecule has 2 aromatic rings. The van der Waals surface area contributed by atoms with E-state index in [0.29, 0.717) is 17.8 Å². The SMILES string of the molecule is COC(=O)c1ccc(-c2cnn(CC(C)(C)C#N)n2)cc1. The van der Waals surface area contributed by atoms with E-state index in [2.05, 4.69) is 21.0 Å². The van der Waals surface area contributed by atoms with Crippen molar-refractivity contribution >= 4 is 5.97 Å². The number of hydrogen-bond donors (Lipinski definition) is 0. The normalized spacial score (nSPS) is 11.0. The van der Waals surface area contributed by atoms with Crippen molar-refractivity contribution < 1.29 is 9.53 Å². The van der Waals surface area contributed by atoms with Crippen molar-refractivity contribution in [1.82, 2.24) is 15.0 Å². The first-order chi connectivity index (χ1) is 9.95. The molecule has 1 aromatic carbocycles. The van der Waals surface area contributed by atoms with Crippen molar-refractivity contribution in [3.05, 3.63) is 36.0 Å². The predicted molar refractivity (Wildman–Crippen MR) is 76.2 cm³/mol. The summed E-state index contributed by atoms with van der Waals surface area (Å²) in [6.45, 7) is 4.09. The molecule has 0 bridgehead atoms. The quantitative estimate of drug-likeness (QED) is 0.804. The Bertz CT molecular complexity index is 680. The summed E-state index contributed by atoms with van der Waals surface area (Å²) in [5.74, 6) is -0.374. The van der Waals surface area contributed by atoms with Crippen molar-refractivity contribution in [3.8, 4) is 17.3 Å². The first-order valence-electron chi connectivity index (χ1n) is 6.45. The Balaban J connectivity index is 2.18. The van der Waals surface area contributed by atoms with Crippen LogP contribution in [0.15, 0.2) is 30.5 Å². The van der Waals surface area contributed by atoms with Gasteiger partial charge in [0.15, 0.2) is 0 Å². The average Bonchev–Trinajstić information content (AvgIpc) is 2.94. The van der Waals surface area contributed by atoms with Crippen molar-refractivity contribution in [2.24, 2.45) is 5.41 Å². The molecule has 1 heterocycles. The molecule has 0 amide bonds. The van der Waals surface area contributed by atoms with Crippen molar-refractivity contribution in [2.75, 3.05) is 7.11 Å². The monoisotopic (exact) mass is 284 g/mol. The van der Waals surface area contributed by atoms with Gasteiger partial charge in [-0.25, -0.2) is 4.79 Å². The summed E-state index contributed by atoms with van der Waals surface area (Å²) in [5.41, 5.74) is 1.51. The number of benzene rings is 1. The summed E-state index contributed by atoms with van der Waals surface area (Å²) in [4.78, 5) is 12.9. The second-order valence-electron chi connectivity index (χ2n) is 5.32. The van der Waals surface area contributed by atoms with Crippen molar-refractivity contribution in [3.63, 3.8) is 0 Å². The molecule has 6 heteroatoms. The van der Waals surface area contributed by atoms with Crippen LogP contribution in [-0.4, -0.2) is 28.1 Å². The standard InChI is InChI=1S/C15H16N4O2/c1-15(2,9-16)10-19-17-8-13(18-19)11-4-6-12(7-5-11)14(20)21-3/h4-8H,10H2,1-3H3. The van der Waals surface area contributed by atoms with Gasteiger partial charge < -0.3 is 4.74 Å². The lowest BCUT2D eigenvalue weighted by Crippen LogP contribution is -2.19. The van der Waals surface area contributed by atoms with Crippen LogP contribution in [0, 0.1) is 16.7 Å². The predicted octanol–water partition coefficient (Wildman–Crippen LogP) is 2.28. The molecule has 0 unspecified atom stereocenters. The summed E-state index contributed by atoms with van der Waals surface area (Å²) < 4.78 is 4.65. The maximum atomic E-state index is 11.4. The van der Waals surface area contributed by atoms with Crippen LogP contribution < -0.4 is 0 Å². The maximum absolute atomic E-state index is 11.4. The summed E-state index contributed by atoms with van der Waals surface area (Å²) in [6.07, 6.45) is 1.64. The highest BCUT2D eigenvalue weighted by molar-refractivity contribution is 5.89. The second kappa shape index (κ2) is 5.75. The molecular formula is C15H16N4O2. The smallest absolute Gasteiger partial charge is 0.337 e. The number of ether oxygens (including phenoxy) is 1. The van der Waals surface area contributed by atoms with Gasteiger partial charge in [-0.1, -0.05) is 12.1 Å². The zero-order chi connectivity index (χ0) is 15.5. The molecule has 0 N–H and O–H groups in total. The number of nitriles is 1. The van der Waals surface area contributed by atoms with Gasteiger partial charge in [-0.15, -0.1) is 0 Å². The number of esters is 1. The van der Waals surface area contributed by atoms with Crippen molar-refractivity contribution in [1.29, 1.82) is 5.26 Å². The zero-order valence-corrected chi connectivity index (χ0v) is 12.2. The van der Waals surface area contributed by atoms with Crippen molar-refractivity contribution in [2.45, 2.75) is 20.4 Å². The average molecular weight is 284 g/mol. The highest BCUT2D eigenvalue weighted by Crippen LogP contribution is 2.19. The van der Waals surface area contributed by atoms with Crippen LogP contribution in [0.2, 0.25) is 0 Å². The minimum absolute atomic E-state index is 0.374. The minimum atomic E-state index is -0.523. The molecule has 0 saturated heterocycles. The van der Waals surface area contributed by atoms with E-state index in [4.69, 9.17) is 5.26 Å². The Kier molecular flexibility index (Phi) is 4.03.